The van der Waals surface area contributed by atoms with Crippen LogP contribution in [-0.2, 0) is 16.2 Å². The van der Waals surface area contributed by atoms with Gasteiger partial charge in [0.05, 0.1) is 11.3 Å². The summed E-state index contributed by atoms with van der Waals surface area (Å²) in [6, 6.07) is 15.4. The summed E-state index contributed by atoms with van der Waals surface area (Å²) in [7, 11) is -4.82. The molecule has 12 heteroatoms. The van der Waals surface area contributed by atoms with Gasteiger partial charge in [0.15, 0.2) is 0 Å². The molecule has 0 amide bonds. The maximum atomic E-state index is 14.9. The van der Waals surface area contributed by atoms with Crippen molar-refractivity contribution in [3.05, 3.63) is 85.1 Å². The van der Waals surface area contributed by atoms with Gasteiger partial charge in [-0.05, 0) is 29.3 Å². The lowest BCUT2D eigenvalue weighted by Gasteiger charge is -2.38. The van der Waals surface area contributed by atoms with Crippen molar-refractivity contribution in [3.63, 3.8) is 0 Å². The largest absolute Gasteiger partial charge is 0.418 e. The van der Waals surface area contributed by atoms with Crippen molar-refractivity contribution in [3.8, 4) is 22.3 Å². The Kier molecular flexibility index (Phi) is 6.76. The highest BCUT2D eigenvalue weighted by Crippen LogP contribution is 2.49. The Morgan fingerprint density at radius 3 is 2.05 bits per heavy atom. The average molecular weight is 541 g/mol. The lowest BCUT2D eigenvalue weighted by atomic mass is 9.90. The van der Waals surface area contributed by atoms with Crippen LogP contribution < -0.4 is 14.9 Å². The summed E-state index contributed by atoms with van der Waals surface area (Å²) in [4.78, 5) is 14.8. The lowest BCUT2D eigenvalue weighted by molar-refractivity contribution is -0.139. The fourth-order valence-electron chi connectivity index (χ4n) is 4.73. The standard InChI is InChI=1S/C26H23F3N6O2S/c27-26(28,29)24-23(19-15-31-17-32-16-19)20(18-6-2-1-3-7-18)14-21(25(24)38(30,36)37)34-10-12-35(13-11-34)22-8-4-5-9-33-22/h1-9,14-17H,10-13H2,(H2,30,36,37). The third kappa shape index (κ3) is 5.04. The summed E-state index contributed by atoms with van der Waals surface area (Å²) < 4.78 is 70.3. The monoisotopic (exact) mass is 540 g/mol. The minimum Gasteiger partial charge on any atom is -0.367 e. The topological polar surface area (TPSA) is 105 Å². The molecule has 2 aromatic heterocycles. The van der Waals surface area contributed by atoms with Crippen LogP contribution in [0.2, 0.25) is 0 Å². The number of rotatable bonds is 5. The molecule has 38 heavy (non-hydrogen) atoms. The molecule has 0 atom stereocenters. The summed E-state index contributed by atoms with van der Waals surface area (Å²) in [6.07, 6.45) is 0.246. The molecule has 0 unspecified atom stereocenters. The number of halogens is 3. The SMILES string of the molecule is NS(=O)(=O)c1c(N2CCN(c3ccccn3)CC2)cc(-c2ccccc2)c(-c2cncnc2)c1C(F)(F)F. The molecule has 2 aromatic carbocycles. The van der Waals surface area contributed by atoms with Gasteiger partial charge in [0.25, 0.3) is 0 Å². The highest BCUT2D eigenvalue weighted by atomic mass is 32.2. The van der Waals surface area contributed by atoms with E-state index in [0.29, 0.717) is 18.7 Å². The van der Waals surface area contributed by atoms with E-state index in [4.69, 9.17) is 5.14 Å². The van der Waals surface area contributed by atoms with E-state index in [2.05, 4.69) is 15.0 Å². The number of sulfonamides is 1. The molecule has 196 valence electrons. The molecule has 0 spiro atoms. The second-order valence-electron chi connectivity index (χ2n) is 8.72. The second kappa shape index (κ2) is 10.0. The maximum Gasteiger partial charge on any atom is 0.418 e. The van der Waals surface area contributed by atoms with Gasteiger partial charge >= 0.3 is 6.18 Å². The number of primary sulfonamides is 1. The fourth-order valence-corrected chi connectivity index (χ4v) is 5.72. The van der Waals surface area contributed by atoms with Crippen molar-refractivity contribution in [1.82, 2.24) is 15.0 Å². The minimum absolute atomic E-state index is 0.0232. The Labute approximate surface area is 217 Å². The average Bonchev–Trinajstić information content (AvgIpc) is 2.92. The van der Waals surface area contributed by atoms with Gasteiger partial charge < -0.3 is 9.80 Å². The van der Waals surface area contributed by atoms with Gasteiger partial charge in [0.1, 0.15) is 17.0 Å². The number of nitrogens with two attached hydrogens (primary N) is 1. The molecule has 0 radical (unpaired) electrons. The third-order valence-corrected chi connectivity index (χ3v) is 7.34. The normalized spacial score (nSPS) is 14.5. The maximum absolute atomic E-state index is 14.9. The number of piperazine rings is 1. The first-order valence-corrected chi connectivity index (χ1v) is 13.2. The predicted molar refractivity (Wildman–Crippen MR) is 138 cm³/mol. The van der Waals surface area contributed by atoms with E-state index in [1.54, 1.807) is 47.5 Å². The van der Waals surface area contributed by atoms with Gasteiger partial charge in [-0.2, -0.15) is 13.2 Å². The van der Waals surface area contributed by atoms with Crippen molar-refractivity contribution < 1.29 is 21.6 Å². The summed E-state index contributed by atoms with van der Waals surface area (Å²) in [5.74, 6) is 0.735. The molecule has 1 fully saturated rings. The van der Waals surface area contributed by atoms with Crippen molar-refractivity contribution in [1.29, 1.82) is 0 Å². The quantitative estimate of drug-likeness (QED) is 0.405. The first kappa shape index (κ1) is 25.6. The van der Waals surface area contributed by atoms with Crippen molar-refractivity contribution >= 4 is 21.5 Å². The molecule has 5 rings (SSSR count). The Balaban J connectivity index is 1.75. The summed E-state index contributed by atoms with van der Waals surface area (Å²) in [5, 5.41) is 5.51. The van der Waals surface area contributed by atoms with Crippen LogP contribution in [0, 0.1) is 0 Å². The molecule has 0 bridgehead atoms. The Hall–Kier alpha value is -4.03. The molecule has 3 heterocycles. The zero-order valence-electron chi connectivity index (χ0n) is 20.0. The number of hydrogen-bond donors (Lipinski definition) is 1. The molecule has 8 nitrogen and oxygen atoms in total. The van der Waals surface area contributed by atoms with Gasteiger partial charge in [-0.15, -0.1) is 0 Å². The van der Waals surface area contributed by atoms with Gasteiger partial charge in [0.2, 0.25) is 10.0 Å². The molecular formula is C26H23F3N6O2S. The smallest absolute Gasteiger partial charge is 0.367 e. The summed E-state index contributed by atoms with van der Waals surface area (Å²) in [5.41, 5.74) is -1.08. The first-order valence-electron chi connectivity index (χ1n) is 11.7. The van der Waals surface area contributed by atoms with E-state index < -0.39 is 26.7 Å². The second-order valence-corrected chi connectivity index (χ2v) is 10.2. The van der Waals surface area contributed by atoms with Crippen molar-refractivity contribution in [2.45, 2.75) is 11.1 Å². The van der Waals surface area contributed by atoms with E-state index in [9.17, 15) is 21.6 Å². The number of aromatic nitrogens is 3. The van der Waals surface area contributed by atoms with Crippen LogP contribution in [-0.4, -0.2) is 49.5 Å². The number of hydrogen-bond acceptors (Lipinski definition) is 7. The molecule has 0 aliphatic carbocycles. The molecule has 1 aliphatic rings. The minimum atomic E-state index is -5.05. The zero-order chi connectivity index (χ0) is 26.9. The van der Waals surface area contributed by atoms with Crippen LogP contribution in [0.5, 0.6) is 0 Å². The molecule has 1 aliphatic heterocycles. The summed E-state index contributed by atoms with van der Waals surface area (Å²) >= 11 is 0. The molecule has 1 saturated heterocycles. The molecule has 2 N–H and O–H groups in total. The van der Waals surface area contributed by atoms with E-state index in [0.717, 1.165) is 5.82 Å². The highest BCUT2D eigenvalue weighted by molar-refractivity contribution is 7.89. The van der Waals surface area contributed by atoms with E-state index in [1.807, 2.05) is 17.0 Å². The van der Waals surface area contributed by atoms with Crippen LogP contribution in [0.25, 0.3) is 22.3 Å². The van der Waals surface area contributed by atoms with Gasteiger partial charge in [-0.25, -0.2) is 28.5 Å². The molecule has 4 aromatic rings. The number of alkyl halides is 3. The zero-order valence-corrected chi connectivity index (χ0v) is 20.8. The van der Waals surface area contributed by atoms with Crippen LogP contribution in [0.1, 0.15) is 5.56 Å². The Morgan fingerprint density at radius 2 is 1.47 bits per heavy atom. The van der Waals surface area contributed by atoms with Crippen LogP contribution in [0.4, 0.5) is 24.7 Å². The van der Waals surface area contributed by atoms with Crippen molar-refractivity contribution in [2.24, 2.45) is 5.14 Å². The fraction of sp³-hybridized carbons (Fsp3) is 0.192. The molecule has 0 saturated carbocycles. The lowest BCUT2D eigenvalue weighted by Crippen LogP contribution is -2.47. The van der Waals surface area contributed by atoms with Gasteiger partial charge in [0, 0.05) is 55.9 Å². The first-order chi connectivity index (χ1) is 18.1. The van der Waals surface area contributed by atoms with Gasteiger partial charge in [-0.1, -0.05) is 36.4 Å². The molecular weight excluding hydrogens is 517 g/mol. The number of benzene rings is 2. The third-order valence-electron chi connectivity index (χ3n) is 6.36. The Bertz CT molecular complexity index is 1530. The van der Waals surface area contributed by atoms with E-state index in [-0.39, 0.29) is 35.5 Å². The number of anilines is 2. The number of pyridine rings is 1. The van der Waals surface area contributed by atoms with E-state index >= 15 is 0 Å². The van der Waals surface area contributed by atoms with Crippen LogP contribution in [0.15, 0.2) is 84.4 Å². The highest BCUT2D eigenvalue weighted by Gasteiger charge is 2.43. The van der Waals surface area contributed by atoms with Crippen LogP contribution >= 0.6 is 0 Å². The van der Waals surface area contributed by atoms with E-state index in [1.165, 1.54) is 24.8 Å². The Morgan fingerprint density at radius 1 is 0.842 bits per heavy atom. The van der Waals surface area contributed by atoms with Crippen LogP contribution in [0.3, 0.4) is 0 Å². The predicted octanol–water partition coefficient (Wildman–Crippen LogP) is 4.20. The summed E-state index contributed by atoms with van der Waals surface area (Å²) in [6.45, 7) is 1.38. The number of nitrogens with zero attached hydrogens (tertiary/aromatic N) is 5. The van der Waals surface area contributed by atoms with Crippen molar-refractivity contribution in [2.75, 3.05) is 36.0 Å². The van der Waals surface area contributed by atoms with Gasteiger partial charge in [-0.3, -0.25) is 0 Å².